The monoisotopic (exact) mass is 420 g/mol. The van der Waals surface area contributed by atoms with Gasteiger partial charge in [0.15, 0.2) is 6.61 Å². The fraction of sp³-hybridized carbons (Fsp3) is 0.333. The number of hydrogen-bond acceptors (Lipinski definition) is 5. The molecule has 0 spiro atoms. The zero-order valence-corrected chi connectivity index (χ0v) is 16.8. The Kier molecular flexibility index (Phi) is 6.93. The molecule has 0 bridgehead atoms. The van der Waals surface area contributed by atoms with Crippen molar-refractivity contribution >= 4 is 29.2 Å². The summed E-state index contributed by atoms with van der Waals surface area (Å²) in [7, 11) is 1.62. The van der Waals surface area contributed by atoms with Crippen molar-refractivity contribution in [1.82, 2.24) is 4.90 Å². The van der Waals surface area contributed by atoms with Gasteiger partial charge < -0.3 is 19.3 Å². The van der Waals surface area contributed by atoms with Crippen molar-refractivity contribution in [2.45, 2.75) is 6.42 Å². The number of piperazine rings is 1. The van der Waals surface area contributed by atoms with Crippen molar-refractivity contribution in [3.05, 3.63) is 58.9 Å². The van der Waals surface area contributed by atoms with Crippen molar-refractivity contribution in [2.75, 3.05) is 44.8 Å². The minimum Gasteiger partial charge on any atom is -0.497 e. The first kappa shape index (κ1) is 20.9. The van der Waals surface area contributed by atoms with Gasteiger partial charge in [0.2, 0.25) is 0 Å². The Balaban J connectivity index is 1.45. The van der Waals surface area contributed by atoms with Gasteiger partial charge in [-0.05, 0) is 36.4 Å². The fourth-order valence-corrected chi connectivity index (χ4v) is 3.37. The Bertz CT molecular complexity index is 847. The van der Waals surface area contributed by atoms with Crippen LogP contribution in [0.3, 0.4) is 0 Å². The second kappa shape index (κ2) is 9.60. The number of carbonyl (C=O) groups is 2. The van der Waals surface area contributed by atoms with Gasteiger partial charge in [-0.25, -0.2) is 4.39 Å². The lowest BCUT2D eigenvalue weighted by Gasteiger charge is -2.36. The van der Waals surface area contributed by atoms with Crippen LogP contribution in [0.25, 0.3) is 0 Å². The maximum atomic E-state index is 13.7. The van der Waals surface area contributed by atoms with E-state index < -0.39 is 11.8 Å². The molecule has 0 radical (unpaired) electrons. The van der Waals surface area contributed by atoms with E-state index in [9.17, 15) is 14.0 Å². The zero-order valence-electron chi connectivity index (χ0n) is 16.1. The van der Waals surface area contributed by atoms with Crippen LogP contribution < -0.4 is 9.64 Å². The molecule has 2 aromatic rings. The number of halogens is 2. The highest BCUT2D eigenvalue weighted by Crippen LogP contribution is 2.21. The van der Waals surface area contributed by atoms with Gasteiger partial charge in [-0.2, -0.15) is 0 Å². The van der Waals surface area contributed by atoms with Gasteiger partial charge in [-0.15, -0.1) is 0 Å². The number of amides is 1. The average molecular weight is 421 g/mol. The number of benzene rings is 2. The largest absolute Gasteiger partial charge is 0.497 e. The van der Waals surface area contributed by atoms with Crippen LogP contribution in [0.15, 0.2) is 42.5 Å². The summed E-state index contributed by atoms with van der Waals surface area (Å²) in [4.78, 5) is 28.1. The molecule has 1 heterocycles. The van der Waals surface area contributed by atoms with E-state index in [2.05, 4.69) is 4.90 Å². The highest BCUT2D eigenvalue weighted by atomic mass is 35.5. The number of esters is 1. The maximum absolute atomic E-state index is 13.7. The SMILES string of the molecule is COc1ccc(N2CCN(C(=O)COC(=O)Cc3c(F)cccc3Cl)CC2)cc1. The molecule has 0 atom stereocenters. The topological polar surface area (TPSA) is 59.1 Å². The molecule has 6 nitrogen and oxygen atoms in total. The van der Waals surface area contributed by atoms with Crippen LogP contribution in [-0.4, -0.2) is 56.7 Å². The molecule has 29 heavy (non-hydrogen) atoms. The smallest absolute Gasteiger partial charge is 0.310 e. The zero-order chi connectivity index (χ0) is 20.8. The Labute approximate surface area is 173 Å². The first-order valence-corrected chi connectivity index (χ1v) is 9.61. The predicted molar refractivity (Wildman–Crippen MR) is 108 cm³/mol. The van der Waals surface area contributed by atoms with E-state index in [1.807, 2.05) is 24.3 Å². The van der Waals surface area contributed by atoms with E-state index in [4.69, 9.17) is 21.1 Å². The van der Waals surface area contributed by atoms with E-state index in [0.29, 0.717) is 26.2 Å². The summed E-state index contributed by atoms with van der Waals surface area (Å²) in [6.45, 7) is 2.05. The number of methoxy groups -OCH3 is 1. The first-order valence-electron chi connectivity index (χ1n) is 9.23. The molecule has 154 valence electrons. The highest BCUT2D eigenvalue weighted by Gasteiger charge is 2.22. The van der Waals surface area contributed by atoms with Crippen molar-refractivity contribution in [2.24, 2.45) is 0 Å². The van der Waals surface area contributed by atoms with Crippen LogP contribution in [0, 0.1) is 5.82 Å². The van der Waals surface area contributed by atoms with Gasteiger partial charge in [0.1, 0.15) is 11.6 Å². The Morgan fingerprint density at radius 2 is 1.76 bits per heavy atom. The third kappa shape index (κ3) is 5.38. The molecule has 1 fully saturated rings. The van der Waals surface area contributed by atoms with Crippen LogP contribution in [-0.2, 0) is 20.7 Å². The van der Waals surface area contributed by atoms with Gasteiger partial charge >= 0.3 is 5.97 Å². The van der Waals surface area contributed by atoms with Gasteiger partial charge in [0, 0.05) is 42.5 Å². The first-order chi connectivity index (χ1) is 14.0. The molecule has 1 amide bonds. The number of carbonyl (C=O) groups excluding carboxylic acids is 2. The van der Waals surface area contributed by atoms with Crippen LogP contribution in [0.1, 0.15) is 5.56 Å². The average Bonchev–Trinajstić information content (AvgIpc) is 2.75. The highest BCUT2D eigenvalue weighted by molar-refractivity contribution is 6.31. The van der Waals surface area contributed by atoms with E-state index in [-0.39, 0.29) is 29.5 Å². The van der Waals surface area contributed by atoms with Crippen molar-refractivity contribution in [3.8, 4) is 5.75 Å². The summed E-state index contributed by atoms with van der Waals surface area (Å²) in [5.74, 6) is -0.744. The fourth-order valence-electron chi connectivity index (χ4n) is 3.14. The van der Waals surface area contributed by atoms with Gasteiger partial charge in [-0.1, -0.05) is 17.7 Å². The van der Waals surface area contributed by atoms with Crippen LogP contribution in [0.4, 0.5) is 10.1 Å². The lowest BCUT2D eigenvalue weighted by atomic mass is 10.1. The van der Waals surface area contributed by atoms with Gasteiger partial charge in [-0.3, -0.25) is 9.59 Å². The Morgan fingerprint density at radius 1 is 1.07 bits per heavy atom. The van der Waals surface area contributed by atoms with Gasteiger partial charge in [0.25, 0.3) is 5.91 Å². The number of ether oxygens (including phenoxy) is 2. The van der Waals surface area contributed by atoms with Crippen LogP contribution in [0.2, 0.25) is 5.02 Å². The van der Waals surface area contributed by atoms with E-state index in [1.54, 1.807) is 12.0 Å². The summed E-state index contributed by atoms with van der Waals surface area (Å²) in [6.07, 6.45) is -0.315. The van der Waals surface area contributed by atoms with Crippen molar-refractivity contribution < 1.29 is 23.5 Å². The van der Waals surface area contributed by atoms with E-state index >= 15 is 0 Å². The molecule has 0 aromatic heterocycles. The normalized spacial score (nSPS) is 13.9. The molecule has 0 N–H and O–H groups in total. The second-order valence-electron chi connectivity index (χ2n) is 6.60. The number of hydrogen-bond donors (Lipinski definition) is 0. The second-order valence-corrected chi connectivity index (χ2v) is 7.01. The number of anilines is 1. The quantitative estimate of drug-likeness (QED) is 0.672. The summed E-state index contributed by atoms with van der Waals surface area (Å²) in [5, 5.41) is 0.155. The molecule has 3 rings (SSSR count). The third-order valence-corrected chi connectivity index (χ3v) is 5.16. The van der Waals surface area contributed by atoms with Gasteiger partial charge in [0.05, 0.1) is 13.5 Å². The van der Waals surface area contributed by atoms with E-state index in [1.165, 1.54) is 18.2 Å². The Hall–Kier alpha value is -2.80. The molecule has 1 aliphatic rings. The van der Waals surface area contributed by atoms with Crippen LogP contribution >= 0.6 is 11.6 Å². The minimum absolute atomic E-state index is 0.0692. The predicted octanol–water partition coefficient (Wildman–Crippen LogP) is 2.92. The molecule has 1 saturated heterocycles. The van der Waals surface area contributed by atoms with Crippen molar-refractivity contribution in [1.29, 1.82) is 0 Å². The third-order valence-electron chi connectivity index (χ3n) is 4.81. The lowest BCUT2D eigenvalue weighted by molar-refractivity contribution is -0.151. The lowest BCUT2D eigenvalue weighted by Crippen LogP contribution is -2.49. The van der Waals surface area contributed by atoms with Crippen LogP contribution in [0.5, 0.6) is 5.75 Å². The molecule has 0 unspecified atom stereocenters. The summed E-state index contributed by atoms with van der Waals surface area (Å²) in [6, 6.07) is 11.9. The van der Waals surface area contributed by atoms with Crippen molar-refractivity contribution in [3.63, 3.8) is 0 Å². The summed E-state index contributed by atoms with van der Waals surface area (Å²) in [5.41, 5.74) is 1.13. The molecular weight excluding hydrogens is 399 g/mol. The molecule has 1 aliphatic heterocycles. The van der Waals surface area contributed by atoms with E-state index in [0.717, 1.165) is 11.4 Å². The number of rotatable bonds is 6. The minimum atomic E-state index is -0.692. The molecule has 0 aliphatic carbocycles. The number of nitrogens with zero attached hydrogens (tertiary/aromatic N) is 2. The summed E-state index contributed by atoms with van der Waals surface area (Å²) < 4.78 is 23.9. The molecular formula is C21H22ClFN2O4. The molecule has 0 saturated carbocycles. The Morgan fingerprint density at radius 3 is 2.38 bits per heavy atom. The molecule has 2 aromatic carbocycles. The summed E-state index contributed by atoms with van der Waals surface area (Å²) >= 11 is 5.90. The standard InChI is InChI=1S/C21H22ClFN2O4/c1-28-16-7-5-15(6-8-16)24-9-11-25(12-10-24)20(26)14-29-21(27)13-17-18(22)3-2-4-19(17)23/h2-8H,9-14H2,1H3. The maximum Gasteiger partial charge on any atom is 0.310 e. The molecule has 8 heteroatoms.